The van der Waals surface area contributed by atoms with Gasteiger partial charge in [0, 0.05) is 0 Å². The van der Waals surface area contributed by atoms with Crippen molar-refractivity contribution in [2.75, 3.05) is 6.61 Å². The molecule has 0 N–H and O–H groups in total. The highest BCUT2D eigenvalue weighted by atomic mass is 35.5. The number of hydrogen-bond acceptors (Lipinski definition) is 3. The van der Waals surface area contributed by atoms with Crippen molar-refractivity contribution in [3.8, 4) is 5.19 Å². The van der Waals surface area contributed by atoms with Gasteiger partial charge in [0.05, 0.1) is 12.8 Å². The fourth-order valence-corrected chi connectivity index (χ4v) is 1.23. The summed E-state index contributed by atoms with van der Waals surface area (Å²) in [6.45, 7) is 2.55. The van der Waals surface area contributed by atoms with E-state index in [1.165, 1.54) is 11.3 Å². The number of hydrogen-bond donors (Lipinski definition) is 0. The lowest BCUT2D eigenvalue weighted by atomic mass is 10.9. The second kappa shape index (κ2) is 3.03. The summed E-state index contributed by atoms with van der Waals surface area (Å²) in [5.41, 5.74) is 0. The van der Waals surface area contributed by atoms with Crippen LogP contribution in [0.25, 0.3) is 0 Å². The fraction of sp³-hybridized carbons (Fsp3) is 0.400. The lowest BCUT2D eigenvalue weighted by molar-refractivity contribution is 0.338. The quantitative estimate of drug-likeness (QED) is 0.667. The molecule has 9 heavy (non-hydrogen) atoms. The van der Waals surface area contributed by atoms with Crippen LogP contribution < -0.4 is 4.74 Å². The second-order valence-electron chi connectivity index (χ2n) is 1.36. The first-order valence-corrected chi connectivity index (χ1v) is 3.76. The second-order valence-corrected chi connectivity index (χ2v) is 2.99. The predicted octanol–water partition coefficient (Wildman–Crippen LogP) is 2.20. The molecule has 0 saturated heterocycles. The van der Waals surface area contributed by atoms with E-state index >= 15 is 0 Å². The fourth-order valence-electron chi connectivity index (χ4n) is 0.430. The summed E-state index contributed by atoms with van der Waals surface area (Å²) in [6, 6.07) is 0. The van der Waals surface area contributed by atoms with Crippen molar-refractivity contribution in [2.24, 2.45) is 0 Å². The summed E-state index contributed by atoms with van der Waals surface area (Å²) >= 11 is 6.92. The largest absolute Gasteiger partial charge is 0.470 e. The predicted molar refractivity (Wildman–Crippen MR) is 38.3 cm³/mol. The lowest BCUT2D eigenvalue weighted by Gasteiger charge is -1.91. The molecule has 0 atom stereocenters. The Morgan fingerprint density at radius 2 is 2.67 bits per heavy atom. The van der Waals surface area contributed by atoms with Crippen molar-refractivity contribution in [3.63, 3.8) is 0 Å². The standard InChI is InChI=1S/C5H6ClNOS/c1-2-8-5-7-3-4(6)9-5/h3H,2H2,1H3. The Balaban J connectivity index is 2.61. The maximum Gasteiger partial charge on any atom is 0.274 e. The first-order valence-electron chi connectivity index (χ1n) is 2.57. The van der Waals surface area contributed by atoms with Crippen LogP contribution in [0.5, 0.6) is 5.19 Å². The Bertz CT molecular complexity index is 189. The van der Waals surface area contributed by atoms with Crippen molar-refractivity contribution in [2.45, 2.75) is 6.92 Å². The summed E-state index contributed by atoms with van der Waals surface area (Å²) in [6.07, 6.45) is 1.58. The first-order chi connectivity index (χ1) is 4.33. The van der Waals surface area contributed by atoms with Gasteiger partial charge in [0.1, 0.15) is 4.34 Å². The molecule has 0 aliphatic carbocycles. The summed E-state index contributed by atoms with van der Waals surface area (Å²) in [7, 11) is 0. The Kier molecular flexibility index (Phi) is 2.30. The summed E-state index contributed by atoms with van der Waals surface area (Å²) < 4.78 is 5.71. The summed E-state index contributed by atoms with van der Waals surface area (Å²) in [5.74, 6) is 0. The van der Waals surface area contributed by atoms with Crippen molar-refractivity contribution in [1.82, 2.24) is 4.98 Å². The van der Waals surface area contributed by atoms with Crippen LogP contribution in [0, 0.1) is 0 Å². The Morgan fingerprint density at radius 3 is 3.11 bits per heavy atom. The number of aromatic nitrogens is 1. The van der Waals surface area contributed by atoms with Gasteiger partial charge in [0.25, 0.3) is 5.19 Å². The number of rotatable bonds is 2. The molecule has 0 radical (unpaired) electrons. The summed E-state index contributed by atoms with van der Waals surface area (Å²) in [4.78, 5) is 3.87. The maximum atomic E-state index is 5.57. The molecule has 1 heterocycles. The SMILES string of the molecule is CCOc1ncc(Cl)s1. The molecule has 0 aliphatic heterocycles. The van der Waals surface area contributed by atoms with Gasteiger partial charge in [-0.2, -0.15) is 0 Å². The minimum Gasteiger partial charge on any atom is -0.470 e. The number of thiazole rings is 1. The molecule has 0 amide bonds. The third kappa shape index (κ3) is 1.84. The summed E-state index contributed by atoms with van der Waals surface area (Å²) in [5, 5.41) is 0.641. The van der Waals surface area contributed by atoms with E-state index in [0.29, 0.717) is 16.1 Å². The molecule has 0 bridgehead atoms. The van der Waals surface area contributed by atoms with Crippen molar-refractivity contribution in [1.29, 1.82) is 0 Å². The van der Waals surface area contributed by atoms with Gasteiger partial charge in [-0.15, -0.1) is 0 Å². The molecule has 0 aliphatic rings. The molecule has 0 unspecified atom stereocenters. The van der Waals surface area contributed by atoms with Crippen LogP contribution in [0.3, 0.4) is 0 Å². The van der Waals surface area contributed by atoms with Crippen LogP contribution in [-0.4, -0.2) is 11.6 Å². The van der Waals surface area contributed by atoms with E-state index in [-0.39, 0.29) is 0 Å². The normalized spacial score (nSPS) is 9.56. The Morgan fingerprint density at radius 1 is 1.89 bits per heavy atom. The Hall–Kier alpha value is -0.280. The zero-order chi connectivity index (χ0) is 6.69. The van der Waals surface area contributed by atoms with E-state index < -0.39 is 0 Å². The molecule has 0 aromatic carbocycles. The first kappa shape index (κ1) is 6.83. The molecule has 0 fully saturated rings. The monoisotopic (exact) mass is 163 g/mol. The Labute approximate surface area is 62.4 Å². The molecule has 2 nitrogen and oxygen atoms in total. The van der Waals surface area contributed by atoms with E-state index in [9.17, 15) is 0 Å². The van der Waals surface area contributed by atoms with Gasteiger partial charge in [-0.3, -0.25) is 0 Å². The molecule has 0 saturated carbocycles. The van der Waals surface area contributed by atoms with E-state index in [1.807, 2.05) is 6.92 Å². The van der Waals surface area contributed by atoms with Gasteiger partial charge in [-0.25, -0.2) is 4.98 Å². The lowest BCUT2D eigenvalue weighted by Crippen LogP contribution is -1.88. The van der Waals surface area contributed by atoms with Gasteiger partial charge in [-0.1, -0.05) is 22.9 Å². The molecular formula is C5H6ClNOS. The molecule has 1 rings (SSSR count). The van der Waals surface area contributed by atoms with E-state index in [0.717, 1.165) is 0 Å². The van der Waals surface area contributed by atoms with Crippen LogP contribution in [-0.2, 0) is 0 Å². The van der Waals surface area contributed by atoms with E-state index in [1.54, 1.807) is 6.20 Å². The third-order valence-corrected chi connectivity index (χ3v) is 1.75. The highest BCUT2D eigenvalue weighted by Gasteiger charge is 1.96. The molecule has 1 aromatic rings. The highest BCUT2D eigenvalue weighted by molar-refractivity contribution is 7.17. The van der Waals surface area contributed by atoms with Gasteiger partial charge in [0.2, 0.25) is 0 Å². The maximum absolute atomic E-state index is 5.57. The number of ether oxygens (including phenoxy) is 1. The molecule has 4 heteroatoms. The van der Waals surface area contributed by atoms with Crippen LogP contribution in [0.1, 0.15) is 6.92 Å². The van der Waals surface area contributed by atoms with E-state index in [4.69, 9.17) is 16.3 Å². The van der Waals surface area contributed by atoms with Crippen LogP contribution in [0.2, 0.25) is 4.34 Å². The van der Waals surface area contributed by atoms with E-state index in [2.05, 4.69) is 4.98 Å². The van der Waals surface area contributed by atoms with Crippen molar-refractivity contribution in [3.05, 3.63) is 10.5 Å². The number of halogens is 1. The zero-order valence-corrected chi connectivity index (χ0v) is 6.50. The minimum atomic E-state index is 0.641. The molecule has 50 valence electrons. The highest BCUT2D eigenvalue weighted by Crippen LogP contribution is 2.24. The average Bonchev–Trinajstić information content (AvgIpc) is 2.17. The van der Waals surface area contributed by atoms with Gasteiger partial charge in [-0.05, 0) is 6.92 Å². The minimum absolute atomic E-state index is 0.641. The van der Waals surface area contributed by atoms with Crippen LogP contribution in [0.4, 0.5) is 0 Å². The van der Waals surface area contributed by atoms with Gasteiger partial charge < -0.3 is 4.74 Å². The molecule has 0 spiro atoms. The van der Waals surface area contributed by atoms with Crippen LogP contribution in [0.15, 0.2) is 6.20 Å². The van der Waals surface area contributed by atoms with Crippen molar-refractivity contribution < 1.29 is 4.74 Å². The molecular weight excluding hydrogens is 158 g/mol. The van der Waals surface area contributed by atoms with Crippen LogP contribution >= 0.6 is 22.9 Å². The zero-order valence-electron chi connectivity index (χ0n) is 4.93. The third-order valence-electron chi connectivity index (χ3n) is 0.724. The topological polar surface area (TPSA) is 22.1 Å². The van der Waals surface area contributed by atoms with Gasteiger partial charge in [0.15, 0.2) is 0 Å². The average molecular weight is 164 g/mol. The van der Waals surface area contributed by atoms with Crippen molar-refractivity contribution >= 4 is 22.9 Å². The van der Waals surface area contributed by atoms with Gasteiger partial charge >= 0.3 is 0 Å². The smallest absolute Gasteiger partial charge is 0.274 e. The number of nitrogens with zero attached hydrogens (tertiary/aromatic N) is 1. The molecule has 1 aromatic heterocycles.